The largest absolute Gasteiger partial charge is 0.450 e. The van der Waals surface area contributed by atoms with Crippen molar-refractivity contribution in [3.63, 3.8) is 0 Å². The number of amides is 2. The van der Waals surface area contributed by atoms with E-state index in [0.717, 1.165) is 21.7 Å². The van der Waals surface area contributed by atoms with E-state index in [-0.39, 0.29) is 12.5 Å². The molecule has 8 nitrogen and oxygen atoms in total. The number of carbonyl (C=O) groups is 2. The highest BCUT2D eigenvalue weighted by Gasteiger charge is 2.28. The average Bonchev–Trinajstić information content (AvgIpc) is 2.61. The molecule has 27 heavy (non-hydrogen) atoms. The topological polar surface area (TPSA) is 87.2 Å². The standard InChI is InChI=1S/C18H27N3O5S/c1-5-26-18(23)20-10-8-19(9-11-20)17(22)13-21(27(4,24)25)16-7-6-14(2)15(3)12-16/h6-7,12H,5,8-11,13H2,1-4H3. The van der Waals surface area contributed by atoms with Crippen LogP contribution in [0.2, 0.25) is 0 Å². The first kappa shape index (κ1) is 21.0. The number of sulfonamides is 1. The third-order valence-electron chi connectivity index (χ3n) is 4.62. The van der Waals surface area contributed by atoms with Crippen molar-refractivity contribution in [3.05, 3.63) is 29.3 Å². The van der Waals surface area contributed by atoms with E-state index < -0.39 is 16.1 Å². The molecule has 1 aromatic carbocycles. The molecule has 0 aromatic heterocycles. The van der Waals surface area contributed by atoms with Crippen molar-refractivity contribution in [2.75, 3.05) is 49.9 Å². The fourth-order valence-corrected chi connectivity index (χ4v) is 3.70. The molecule has 0 unspecified atom stereocenters. The maximum atomic E-state index is 12.7. The monoisotopic (exact) mass is 397 g/mol. The minimum atomic E-state index is -3.61. The van der Waals surface area contributed by atoms with Crippen molar-refractivity contribution in [1.82, 2.24) is 9.80 Å². The Labute approximate surface area is 160 Å². The van der Waals surface area contributed by atoms with Crippen molar-refractivity contribution >= 4 is 27.7 Å². The Hall–Kier alpha value is -2.29. The number of nitrogens with zero attached hydrogens (tertiary/aromatic N) is 3. The summed E-state index contributed by atoms with van der Waals surface area (Å²) in [6, 6.07) is 5.31. The Balaban J connectivity index is 2.07. The summed E-state index contributed by atoms with van der Waals surface area (Å²) in [6.07, 6.45) is 0.700. The van der Waals surface area contributed by atoms with Crippen LogP contribution in [0.15, 0.2) is 18.2 Å². The van der Waals surface area contributed by atoms with E-state index in [9.17, 15) is 18.0 Å². The van der Waals surface area contributed by atoms with Crippen molar-refractivity contribution in [2.45, 2.75) is 20.8 Å². The highest BCUT2D eigenvalue weighted by Crippen LogP contribution is 2.21. The number of hydrogen-bond acceptors (Lipinski definition) is 5. The molecule has 1 aliphatic heterocycles. The number of rotatable bonds is 5. The molecule has 1 aliphatic rings. The molecule has 1 saturated heterocycles. The second-order valence-corrected chi connectivity index (χ2v) is 8.51. The Morgan fingerprint density at radius 2 is 1.67 bits per heavy atom. The zero-order chi connectivity index (χ0) is 20.2. The van der Waals surface area contributed by atoms with Gasteiger partial charge in [0.15, 0.2) is 0 Å². The number of anilines is 1. The Kier molecular flexibility index (Phi) is 6.69. The predicted molar refractivity (Wildman–Crippen MR) is 103 cm³/mol. The lowest BCUT2D eigenvalue weighted by Crippen LogP contribution is -2.53. The van der Waals surface area contributed by atoms with E-state index in [1.807, 2.05) is 19.9 Å². The average molecular weight is 397 g/mol. The molecule has 0 saturated carbocycles. The zero-order valence-electron chi connectivity index (χ0n) is 16.3. The molecule has 2 rings (SSSR count). The van der Waals surface area contributed by atoms with Gasteiger partial charge >= 0.3 is 6.09 Å². The van der Waals surface area contributed by atoms with Gasteiger partial charge in [-0.15, -0.1) is 0 Å². The first-order chi connectivity index (χ1) is 12.6. The number of carbonyl (C=O) groups excluding carboxylic acids is 2. The normalized spacial score (nSPS) is 14.8. The number of piperazine rings is 1. The molecule has 0 aliphatic carbocycles. The quantitative estimate of drug-likeness (QED) is 0.749. The van der Waals surface area contributed by atoms with Crippen LogP contribution < -0.4 is 4.31 Å². The second-order valence-electron chi connectivity index (χ2n) is 6.60. The summed E-state index contributed by atoms with van der Waals surface area (Å²) in [5, 5.41) is 0. The molecular weight excluding hydrogens is 370 g/mol. The lowest BCUT2D eigenvalue weighted by molar-refractivity contribution is -0.131. The van der Waals surface area contributed by atoms with Gasteiger partial charge in [-0.25, -0.2) is 13.2 Å². The highest BCUT2D eigenvalue weighted by atomic mass is 32.2. The van der Waals surface area contributed by atoms with Crippen LogP contribution in [0.4, 0.5) is 10.5 Å². The van der Waals surface area contributed by atoms with Gasteiger partial charge in [-0.05, 0) is 44.0 Å². The molecule has 0 atom stereocenters. The Bertz CT molecular complexity index is 801. The van der Waals surface area contributed by atoms with Gasteiger partial charge in [0.25, 0.3) is 0 Å². The fraction of sp³-hybridized carbons (Fsp3) is 0.556. The maximum absolute atomic E-state index is 12.7. The van der Waals surface area contributed by atoms with Crippen LogP contribution in [0.3, 0.4) is 0 Å². The Morgan fingerprint density at radius 1 is 1.07 bits per heavy atom. The molecule has 150 valence electrons. The molecule has 1 heterocycles. The van der Waals surface area contributed by atoms with Gasteiger partial charge in [0.1, 0.15) is 6.54 Å². The third kappa shape index (κ3) is 5.35. The smallest absolute Gasteiger partial charge is 0.409 e. The van der Waals surface area contributed by atoms with E-state index >= 15 is 0 Å². The summed E-state index contributed by atoms with van der Waals surface area (Å²) < 4.78 is 30.6. The lowest BCUT2D eigenvalue weighted by atomic mass is 10.1. The van der Waals surface area contributed by atoms with E-state index in [1.54, 1.807) is 28.9 Å². The van der Waals surface area contributed by atoms with Crippen molar-refractivity contribution in [1.29, 1.82) is 0 Å². The van der Waals surface area contributed by atoms with Gasteiger partial charge in [-0.3, -0.25) is 9.10 Å². The molecule has 0 spiro atoms. The zero-order valence-corrected chi connectivity index (χ0v) is 17.1. The third-order valence-corrected chi connectivity index (χ3v) is 5.76. The summed E-state index contributed by atoms with van der Waals surface area (Å²) in [6.45, 7) is 7.06. The SMILES string of the molecule is CCOC(=O)N1CCN(C(=O)CN(c2ccc(C)c(C)c2)S(C)(=O)=O)CC1. The van der Waals surface area contributed by atoms with Gasteiger partial charge in [-0.2, -0.15) is 0 Å². The van der Waals surface area contributed by atoms with Crippen molar-refractivity contribution in [2.24, 2.45) is 0 Å². The van der Waals surface area contributed by atoms with E-state index in [0.29, 0.717) is 38.5 Å². The second kappa shape index (κ2) is 8.60. The van der Waals surface area contributed by atoms with Crippen LogP contribution in [-0.4, -0.2) is 75.8 Å². The molecule has 0 radical (unpaired) electrons. The van der Waals surface area contributed by atoms with Crippen molar-refractivity contribution < 1.29 is 22.7 Å². The molecule has 0 bridgehead atoms. The predicted octanol–water partition coefficient (Wildman–Crippen LogP) is 1.37. The van der Waals surface area contributed by atoms with Crippen LogP contribution >= 0.6 is 0 Å². The van der Waals surface area contributed by atoms with Gasteiger partial charge in [0.2, 0.25) is 15.9 Å². The van der Waals surface area contributed by atoms with Crippen LogP contribution in [0.5, 0.6) is 0 Å². The summed E-state index contributed by atoms with van der Waals surface area (Å²) in [4.78, 5) is 27.5. The summed E-state index contributed by atoms with van der Waals surface area (Å²) in [7, 11) is -3.61. The van der Waals surface area contributed by atoms with Crippen LogP contribution in [0.25, 0.3) is 0 Å². The molecule has 9 heteroatoms. The van der Waals surface area contributed by atoms with Gasteiger partial charge < -0.3 is 14.5 Å². The van der Waals surface area contributed by atoms with E-state index in [1.165, 1.54) is 0 Å². The highest BCUT2D eigenvalue weighted by molar-refractivity contribution is 7.92. The number of hydrogen-bond donors (Lipinski definition) is 0. The number of aryl methyl sites for hydroxylation is 2. The van der Waals surface area contributed by atoms with Crippen LogP contribution in [0.1, 0.15) is 18.1 Å². The summed E-state index contributed by atoms with van der Waals surface area (Å²) >= 11 is 0. The number of benzene rings is 1. The van der Waals surface area contributed by atoms with Gasteiger partial charge in [0.05, 0.1) is 18.6 Å². The fourth-order valence-electron chi connectivity index (χ4n) is 2.86. The Morgan fingerprint density at radius 3 is 2.19 bits per heavy atom. The van der Waals surface area contributed by atoms with E-state index in [4.69, 9.17) is 4.74 Å². The van der Waals surface area contributed by atoms with Gasteiger partial charge in [-0.1, -0.05) is 6.07 Å². The number of ether oxygens (including phenoxy) is 1. The van der Waals surface area contributed by atoms with Crippen molar-refractivity contribution in [3.8, 4) is 0 Å². The molecule has 0 N–H and O–H groups in total. The first-order valence-corrected chi connectivity index (χ1v) is 10.7. The van der Waals surface area contributed by atoms with E-state index in [2.05, 4.69) is 0 Å². The first-order valence-electron chi connectivity index (χ1n) is 8.88. The van der Waals surface area contributed by atoms with Crippen LogP contribution in [-0.2, 0) is 19.6 Å². The maximum Gasteiger partial charge on any atom is 0.409 e. The minimum absolute atomic E-state index is 0.263. The lowest BCUT2D eigenvalue weighted by Gasteiger charge is -2.35. The molecule has 1 fully saturated rings. The van der Waals surface area contributed by atoms with Gasteiger partial charge in [0, 0.05) is 26.2 Å². The molecule has 2 amide bonds. The summed E-state index contributed by atoms with van der Waals surface area (Å²) in [5.74, 6) is -0.290. The van der Waals surface area contributed by atoms with Crippen LogP contribution in [0, 0.1) is 13.8 Å². The molecule has 1 aromatic rings. The molecular formula is C18H27N3O5S. The minimum Gasteiger partial charge on any atom is -0.450 e. The summed E-state index contributed by atoms with van der Waals surface area (Å²) in [5.41, 5.74) is 2.48.